The fourth-order valence-electron chi connectivity index (χ4n) is 2.28. The average Bonchev–Trinajstić information content (AvgIpc) is 2.95. The second kappa shape index (κ2) is 16.2. The molecule has 0 amide bonds. The third kappa shape index (κ3) is 14.8. The Labute approximate surface area is 182 Å². The van der Waals surface area contributed by atoms with Crippen LogP contribution in [0.4, 0.5) is 0 Å². The van der Waals surface area contributed by atoms with Gasteiger partial charge in [-0.1, -0.05) is 53.4 Å². The van der Waals surface area contributed by atoms with Crippen LogP contribution in [0.1, 0.15) is 27.8 Å². The Bertz CT molecular complexity index is 494. The Balaban J connectivity index is -0.000000139. The van der Waals surface area contributed by atoms with Crippen LogP contribution >= 0.6 is 0 Å². The molecule has 0 N–H and O–H groups in total. The van der Waals surface area contributed by atoms with Crippen molar-refractivity contribution in [3.63, 3.8) is 0 Å². The minimum absolute atomic E-state index is 0. The molecule has 0 aromatic heterocycles. The number of aryl methyl sites for hydroxylation is 2. The van der Waals surface area contributed by atoms with Gasteiger partial charge in [-0.15, -0.1) is 0 Å². The molecular formula is C22H40HfSi2-5. The van der Waals surface area contributed by atoms with Crippen molar-refractivity contribution in [1.29, 1.82) is 0 Å². The van der Waals surface area contributed by atoms with E-state index in [-0.39, 0.29) is 40.7 Å². The first-order chi connectivity index (χ1) is 10.1. The molecule has 0 aliphatic carbocycles. The number of hydrogen-bond acceptors (Lipinski definition) is 0. The Hall–Kier alpha value is 0.00390. The summed E-state index contributed by atoms with van der Waals surface area (Å²) in [6, 6.07) is 12.2. The Morgan fingerprint density at radius 3 is 1.56 bits per heavy atom. The summed E-state index contributed by atoms with van der Waals surface area (Å²) in [5, 5.41) is 0. The van der Waals surface area contributed by atoms with Gasteiger partial charge in [0.05, 0.1) is 0 Å². The van der Waals surface area contributed by atoms with Crippen LogP contribution < -0.4 is 0 Å². The van der Waals surface area contributed by atoms with Gasteiger partial charge in [0, 0.05) is 33.9 Å². The third-order valence-electron chi connectivity index (χ3n) is 3.64. The summed E-state index contributed by atoms with van der Waals surface area (Å²) in [7, 11) is 0.222. The molecule has 0 aliphatic heterocycles. The van der Waals surface area contributed by atoms with Gasteiger partial charge >= 0.3 is 0 Å². The monoisotopic (exact) mass is 540 g/mol. The topological polar surface area (TPSA) is 0 Å². The molecule has 0 spiro atoms. The summed E-state index contributed by atoms with van der Waals surface area (Å²) in [6.07, 6.45) is 0. The zero-order valence-electron chi connectivity index (χ0n) is 18.6. The first-order valence-corrected chi connectivity index (χ1v) is 13.8. The number of hydrogen-bond donors (Lipinski definition) is 0. The molecule has 2 rings (SSSR count). The molecule has 145 valence electrons. The quantitative estimate of drug-likeness (QED) is 0.281. The predicted octanol–water partition coefficient (Wildman–Crippen LogP) is 7.15. The van der Waals surface area contributed by atoms with Crippen molar-refractivity contribution in [1.82, 2.24) is 0 Å². The van der Waals surface area contributed by atoms with Crippen LogP contribution in [0.25, 0.3) is 0 Å². The standard InChI is InChI=1S/C9H15Si.C9H13.C2H6Si.2CH3.Hf/c1-10(2,3)8-9-6-4-5-7-9;1-6-5-7(2)9(4)8(6)3;1-3-2;;;/h4-7H,8H2,1-3H3;5H,1-4H3;1-2H3;2*1H3;/q5*-1;. The maximum Gasteiger partial charge on any atom is 0.0371 e. The van der Waals surface area contributed by atoms with E-state index >= 15 is 0 Å². The Morgan fingerprint density at radius 2 is 1.36 bits per heavy atom. The average molecular weight is 539 g/mol. The van der Waals surface area contributed by atoms with Crippen LogP contribution in [-0.2, 0) is 31.9 Å². The van der Waals surface area contributed by atoms with Crippen molar-refractivity contribution in [3.8, 4) is 0 Å². The summed E-state index contributed by atoms with van der Waals surface area (Å²) in [5.74, 6) is 0. The van der Waals surface area contributed by atoms with Gasteiger partial charge in [0.1, 0.15) is 0 Å². The SMILES string of the molecule is C[Si-]C.C[Si](C)(C)C[c-]1cccc1.Cc1c[c-](C)c(C)c1C.[CH3-].[CH3-].[Hf]. The molecule has 0 heterocycles. The molecular weight excluding hydrogens is 499 g/mol. The van der Waals surface area contributed by atoms with Crippen LogP contribution in [0.3, 0.4) is 0 Å². The molecule has 3 heteroatoms. The van der Waals surface area contributed by atoms with Crippen molar-refractivity contribution in [2.75, 3.05) is 0 Å². The summed E-state index contributed by atoms with van der Waals surface area (Å²) in [4.78, 5) is 0. The van der Waals surface area contributed by atoms with Crippen LogP contribution in [0, 0.1) is 42.5 Å². The zero-order chi connectivity index (χ0) is 17.3. The molecule has 0 bridgehead atoms. The molecule has 25 heavy (non-hydrogen) atoms. The maximum atomic E-state index is 2.40. The van der Waals surface area contributed by atoms with Gasteiger partial charge < -0.3 is 24.4 Å². The van der Waals surface area contributed by atoms with E-state index in [0.717, 1.165) is 9.52 Å². The predicted molar refractivity (Wildman–Crippen MR) is 120 cm³/mol. The van der Waals surface area contributed by atoms with Gasteiger partial charge in [-0.2, -0.15) is 46.0 Å². The molecule has 1 radical (unpaired) electrons. The van der Waals surface area contributed by atoms with Crippen LogP contribution in [-0.4, -0.2) is 17.6 Å². The van der Waals surface area contributed by atoms with Gasteiger partial charge in [0.25, 0.3) is 0 Å². The first-order valence-electron chi connectivity index (χ1n) is 8.11. The van der Waals surface area contributed by atoms with Crippen molar-refractivity contribution in [2.24, 2.45) is 0 Å². The molecule has 0 atom stereocenters. The molecule has 0 unspecified atom stereocenters. The van der Waals surface area contributed by atoms with E-state index in [1.54, 1.807) is 0 Å². The largest absolute Gasteiger partial charge is 0.438 e. The van der Waals surface area contributed by atoms with Crippen molar-refractivity contribution in [2.45, 2.75) is 66.5 Å². The number of rotatable bonds is 2. The van der Waals surface area contributed by atoms with Gasteiger partial charge in [0.15, 0.2) is 0 Å². The van der Waals surface area contributed by atoms with Gasteiger partial charge in [-0.3, -0.25) is 0 Å². The van der Waals surface area contributed by atoms with Gasteiger partial charge in [-0.05, 0) is 0 Å². The summed E-state index contributed by atoms with van der Waals surface area (Å²) in [5.41, 5.74) is 7.26. The molecule has 2 aromatic carbocycles. The zero-order valence-corrected chi connectivity index (χ0v) is 24.2. The van der Waals surface area contributed by atoms with Crippen LogP contribution in [0.15, 0.2) is 30.3 Å². The molecule has 0 saturated carbocycles. The van der Waals surface area contributed by atoms with E-state index in [0.29, 0.717) is 0 Å². The molecule has 0 nitrogen and oxygen atoms in total. The van der Waals surface area contributed by atoms with Crippen molar-refractivity contribution < 1.29 is 25.8 Å². The van der Waals surface area contributed by atoms with E-state index < -0.39 is 8.07 Å². The normalized spacial score (nSPS) is 9.16. The third-order valence-corrected chi connectivity index (χ3v) is 5.11. The maximum absolute atomic E-state index is 2.40. The molecule has 2 aromatic rings. The summed E-state index contributed by atoms with van der Waals surface area (Å²) in [6.45, 7) is 20.2. The van der Waals surface area contributed by atoms with Crippen LogP contribution in [0.5, 0.6) is 0 Å². The van der Waals surface area contributed by atoms with E-state index in [1.165, 1.54) is 33.9 Å². The Kier molecular flexibility index (Phi) is 21.2. The van der Waals surface area contributed by atoms with E-state index in [4.69, 9.17) is 0 Å². The second-order valence-electron chi connectivity index (χ2n) is 7.29. The van der Waals surface area contributed by atoms with Crippen molar-refractivity contribution in [3.05, 3.63) is 73.0 Å². The van der Waals surface area contributed by atoms with Gasteiger partial charge in [-0.25, -0.2) is 25.2 Å². The minimum atomic E-state index is -0.862. The smallest absolute Gasteiger partial charge is 0.0371 e. The minimum Gasteiger partial charge on any atom is -0.438 e. The van der Waals surface area contributed by atoms with Crippen molar-refractivity contribution >= 4 is 17.6 Å². The van der Waals surface area contributed by atoms with Crippen LogP contribution in [0.2, 0.25) is 32.7 Å². The molecule has 0 fully saturated rings. The second-order valence-corrected chi connectivity index (χ2v) is 13.8. The van der Waals surface area contributed by atoms with E-state index in [1.807, 2.05) is 0 Å². The first kappa shape index (κ1) is 32.7. The Morgan fingerprint density at radius 1 is 0.960 bits per heavy atom. The van der Waals surface area contributed by atoms with E-state index in [2.05, 4.69) is 90.8 Å². The summed E-state index contributed by atoms with van der Waals surface area (Å²) < 4.78 is 0. The molecule has 0 saturated heterocycles. The molecule has 0 aliphatic rings. The fraction of sp³-hybridized carbons (Fsp3) is 0.455. The van der Waals surface area contributed by atoms with E-state index in [9.17, 15) is 0 Å². The fourth-order valence-corrected chi connectivity index (χ4v) is 3.74. The summed E-state index contributed by atoms with van der Waals surface area (Å²) >= 11 is 0. The van der Waals surface area contributed by atoms with Gasteiger partial charge in [0.2, 0.25) is 0 Å².